The number of methoxy groups -OCH3 is 1. The Balaban J connectivity index is 1.30. The summed E-state index contributed by atoms with van der Waals surface area (Å²) in [6, 6.07) is -0.567. The Kier molecular flexibility index (Phi) is 10.0. The van der Waals surface area contributed by atoms with Crippen LogP contribution in [0.2, 0.25) is 5.02 Å². The van der Waals surface area contributed by atoms with E-state index in [1.807, 2.05) is 9.80 Å². The summed E-state index contributed by atoms with van der Waals surface area (Å²) in [6.45, 7) is 2.86. The van der Waals surface area contributed by atoms with Gasteiger partial charge in [-0.2, -0.15) is 23.1 Å². The third-order valence-corrected chi connectivity index (χ3v) is 13.5. The molecular weight excluding hydrogens is 752 g/mol. The van der Waals surface area contributed by atoms with E-state index in [1.165, 1.54) is 21.1 Å². The van der Waals surface area contributed by atoms with Crippen LogP contribution in [0.15, 0.2) is 18.3 Å². The molecule has 0 aliphatic carbocycles. The van der Waals surface area contributed by atoms with Crippen LogP contribution in [-0.4, -0.2) is 112 Å². The van der Waals surface area contributed by atoms with Gasteiger partial charge in [0, 0.05) is 57.0 Å². The Morgan fingerprint density at radius 1 is 1.19 bits per heavy atom. The van der Waals surface area contributed by atoms with Crippen LogP contribution in [0.3, 0.4) is 0 Å². The number of esters is 1. The highest BCUT2D eigenvalue weighted by Crippen LogP contribution is 2.55. The average Bonchev–Trinajstić information content (AvgIpc) is 3.72. The minimum atomic E-state index is -5.03. The van der Waals surface area contributed by atoms with Gasteiger partial charge in [-0.05, 0) is 51.3 Å². The molecule has 4 unspecified atom stereocenters. The maximum Gasteiger partial charge on any atom is 0.418 e. The van der Waals surface area contributed by atoms with E-state index >= 15 is 4.39 Å². The number of carbonyl (C=O) groups excluding carboxylic acids is 1. The fourth-order valence-corrected chi connectivity index (χ4v) is 11.0. The van der Waals surface area contributed by atoms with E-state index in [0.29, 0.717) is 31.9 Å². The average molecular weight is 790 g/mol. The first-order chi connectivity index (χ1) is 25.1. The van der Waals surface area contributed by atoms with Gasteiger partial charge >= 0.3 is 25.8 Å². The van der Waals surface area contributed by atoms with E-state index < -0.39 is 88.6 Å². The van der Waals surface area contributed by atoms with Crippen molar-refractivity contribution in [1.82, 2.24) is 29.6 Å². The van der Waals surface area contributed by atoms with E-state index in [9.17, 15) is 32.0 Å². The van der Waals surface area contributed by atoms with Crippen LogP contribution in [0.25, 0.3) is 22.2 Å². The number of alkyl halides is 4. The summed E-state index contributed by atoms with van der Waals surface area (Å²) in [5.74, 6) is -2.33. The van der Waals surface area contributed by atoms with E-state index in [-0.39, 0.29) is 49.9 Å². The molecule has 7 rings (SSSR count). The molecule has 2 N–H and O–H groups in total. The molecule has 0 saturated carbocycles. The van der Waals surface area contributed by atoms with Crippen molar-refractivity contribution in [1.29, 1.82) is 0 Å². The number of pyridine rings is 1. The van der Waals surface area contributed by atoms with Gasteiger partial charge in [-0.1, -0.05) is 11.6 Å². The monoisotopic (exact) mass is 789 g/mol. The molecule has 0 radical (unpaired) electrons. The van der Waals surface area contributed by atoms with Gasteiger partial charge in [0.1, 0.15) is 41.6 Å². The van der Waals surface area contributed by atoms with Crippen molar-refractivity contribution in [3.63, 3.8) is 0 Å². The van der Waals surface area contributed by atoms with Crippen molar-refractivity contribution >= 4 is 42.0 Å². The number of nitrogens with zero attached hydrogens (tertiary/aromatic N) is 6. The zero-order chi connectivity index (χ0) is 38.0. The summed E-state index contributed by atoms with van der Waals surface area (Å²) in [7, 11) is -1.28. The predicted octanol–water partition coefficient (Wildman–Crippen LogP) is 5.72. The smallest absolute Gasteiger partial charge is 0.418 e. The summed E-state index contributed by atoms with van der Waals surface area (Å²) in [5, 5.41) is 12.2. The molecule has 1 aromatic carbocycles. The van der Waals surface area contributed by atoms with Crippen LogP contribution in [-0.2, 0) is 24.8 Å². The largest absolute Gasteiger partial charge is 0.508 e. The molecule has 4 aliphatic heterocycles. The molecule has 13 nitrogen and oxygen atoms in total. The highest BCUT2D eigenvalue weighted by molar-refractivity contribution is 7.54. The highest BCUT2D eigenvalue weighted by Gasteiger charge is 2.52. The van der Waals surface area contributed by atoms with Crippen LogP contribution >= 0.6 is 19.3 Å². The summed E-state index contributed by atoms with van der Waals surface area (Å²) < 4.78 is 106. The number of aromatic nitrogens is 3. The first kappa shape index (κ1) is 37.9. The number of carbonyl (C=O) groups is 1. The quantitative estimate of drug-likeness (QED) is 0.147. The Labute approximate surface area is 306 Å². The van der Waals surface area contributed by atoms with Crippen LogP contribution in [0.4, 0.5) is 27.8 Å². The van der Waals surface area contributed by atoms with Crippen LogP contribution < -0.4 is 14.7 Å². The number of halogens is 6. The Morgan fingerprint density at radius 2 is 1.91 bits per heavy atom. The molecule has 0 spiro atoms. The number of fused-ring (bicyclic) bond motifs is 4. The van der Waals surface area contributed by atoms with Gasteiger partial charge in [0.15, 0.2) is 5.82 Å². The minimum Gasteiger partial charge on any atom is -0.508 e. The molecule has 288 valence electrons. The number of nitrogens with one attached hydrogen (secondary N) is 1. The van der Waals surface area contributed by atoms with E-state index in [0.717, 1.165) is 18.7 Å². The lowest BCUT2D eigenvalue weighted by Crippen LogP contribution is -2.54. The molecule has 6 atom stereocenters. The molecule has 2 bridgehead atoms. The number of phenols is 1. The highest BCUT2D eigenvalue weighted by atomic mass is 35.5. The molecule has 4 fully saturated rings. The predicted molar refractivity (Wildman–Crippen MR) is 183 cm³/mol. The summed E-state index contributed by atoms with van der Waals surface area (Å²) >= 11 is 5.91. The molecule has 4 saturated heterocycles. The van der Waals surface area contributed by atoms with Crippen LogP contribution in [0.5, 0.6) is 11.8 Å². The van der Waals surface area contributed by atoms with Crippen LogP contribution in [0, 0.1) is 5.82 Å². The van der Waals surface area contributed by atoms with E-state index in [1.54, 1.807) is 4.67 Å². The number of piperazine rings is 1. The Hall–Kier alpha value is -3.41. The van der Waals surface area contributed by atoms with Gasteiger partial charge in [0.2, 0.25) is 0 Å². The number of aromatic hydroxyl groups is 1. The van der Waals surface area contributed by atoms with Crippen molar-refractivity contribution < 1.29 is 50.4 Å². The van der Waals surface area contributed by atoms with Gasteiger partial charge in [0.05, 0.1) is 28.6 Å². The van der Waals surface area contributed by atoms with Gasteiger partial charge in [0.25, 0.3) is 0 Å². The molecule has 6 heterocycles. The lowest BCUT2D eigenvalue weighted by molar-refractivity contribution is -0.142. The van der Waals surface area contributed by atoms with E-state index in [2.05, 4.69) is 20.0 Å². The van der Waals surface area contributed by atoms with E-state index in [4.69, 9.17) is 25.6 Å². The standard InChI is InChI=1S/C33H38ClF5N7O6P/c1-17(30(48)50-2)43-53(49,51-3)46-19-5-6-20(46)15-44(14-19)29-23-12-40-27(22-9-21(47)10-24(34)25(22)33(37,38)39)26(36)28(23)41-31(42-29)52-16-32-7-4-8-45(32)13-18(35)11-32/h9-10,12,17-20,47H,4-8,11,13-16H2,1-3H3,(H,43,49)/t17-,18+,19?,20?,32?,53?/m0/s1. The number of hydrogen-bond donors (Lipinski definition) is 2. The third kappa shape index (κ3) is 6.79. The second kappa shape index (κ2) is 14.0. The third-order valence-electron chi connectivity index (χ3n) is 10.7. The first-order valence-electron chi connectivity index (χ1n) is 17.1. The van der Waals surface area contributed by atoms with Crippen molar-refractivity contribution in [3.8, 4) is 23.0 Å². The second-order valence-electron chi connectivity index (χ2n) is 14.0. The summed E-state index contributed by atoms with van der Waals surface area (Å²) in [6.07, 6.45) is -2.00. The normalized spacial score (nSPS) is 26.5. The number of anilines is 1. The maximum absolute atomic E-state index is 16.7. The Morgan fingerprint density at radius 3 is 2.57 bits per heavy atom. The number of benzene rings is 1. The number of rotatable bonds is 10. The lowest BCUT2D eigenvalue weighted by Gasteiger charge is -2.44. The van der Waals surface area contributed by atoms with Crippen molar-refractivity contribution in [2.75, 3.05) is 51.9 Å². The number of hydrogen-bond acceptors (Lipinski definition) is 11. The molecule has 0 amide bonds. The van der Waals surface area contributed by atoms with Gasteiger partial charge in [-0.15, -0.1) is 0 Å². The summed E-state index contributed by atoms with van der Waals surface area (Å²) in [4.78, 5) is 29.1. The zero-order valence-electron chi connectivity index (χ0n) is 29.0. The molecular formula is C33H38ClF5N7O6P. The molecule has 4 aliphatic rings. The Bertz CT molecular complexity index is 1970. The van der Waals surface area contributed by atoms with Crippen molar-refractivity contribution in [2.45, 2.75) is 75.0 Å². The first-order valence-corrected chi connectivity index (χ1v) is 19.1. The van der Waals surface area contributed by atoms with Crippen molar-refractivity contribution in [2.24, 2.45) is 0 Å². The van der Waals surface area contributed by atoms with Gasteiger partial charge < -0.3 is 24.0 Å². The fraction of sp³-hybridized carbons (Fsp3) is 0.576. The SMILES string of the molecule is COC(=O)[C@H](C)NP(=O)(OC)N1C2CCC1CN(c1nc(OCC34CCCN3C[C@H](F)C4)nc3c(F)c(-c4cc(O)cc(Cl)c4C(F)(F)F)ncc13)C2. The molecule has 53 heavy (non-hydrogen) atoms. The minimum absolute atomic E-state index is 0.00158. The molecule has 3 aromatic rings. The lowest BCUT2D eigenvalue weighted by atomic mass is 9.95. The zero-order valence-corrected chi connectivity index (χ0v) is 30.6. The number of ether oxygens (including phenoxy) is 2. The molecule has 20 heteroatoms. The molecule has 2 aromatic heterocycles. The van der Waals surface area contributed by atoms with Crippen LogP contribution in [0.1, 0.15) is 44.6 Å². The van der Waals surface area contributed by atoms with Gasteiger partial charge in [-0.3, -0.25) is 19.2 Å². The topological polar surface area (TPSA) is 142 Å². The van der Waals surface area contributed by atoms with Crippen molar-refractivity contribution in [3.05, 3.63) is 34.7 Å². The fourth-order valence-electron chi connectivity index (χ4n) is 8.40. The summed E-state index contributed by atoms with van der Waals surface area (Å²) in [5.41, 5.74) is -3.95. The maximum atomic E-state index is 16.7. The second-order valence-corrected chi connectivity index (χ2v) is 16.5. The van der Waals surface area contributed by atoms with Gasteiger partial charge in [-0.25, -0.2) is 18.5 Å². The number of phenolic OH excluding ortho intramolecular Hbond substituents is 1.